The van der Waals surface area contributed by atoms with Crippen LogP contribution in [-0.4, -0.2) is 29.7 Å². The Kier molecular flexibility index (Phi) is 3.56. The first-order chi connectivity index (χ1) is 11.1. The molecule has 0 spiro atoms. The fourth-order valence-corrected chi connectivity index (χ4v) is 2.95. The van der Waals surface area contributed by atoms with Gasteiger partial charge in [0.05, 0.1) is 18.4 Å². The van der Waals surface area contributed by atoms with E-state index < -0.39 is 11.6 Å². The second kappa shape index (κ2) is 5.60. The number of aromatic nitrogens is 2. The molecule has 0 saturated heterocycles. The number of hydrogen-bond acceptors (Lipinski definition) is 4. The molecule has 1 aliphatic heterocycles. The molecule has 7 heteroatoms. The molecular weight excluding hydrogens is 324 g/mol. The Labute approximate surface area is 137 Å². The van der Waals surface area contributed by atoms with Gasteiger partial charge in [-0.25, -0.2) is 18.7 Å². The predicted molar refractivity (Wildman–Crippen MR) is 82.8 cm³/mol. The molecule has 0 unspecified atom stereocenters. The third kappa shape index (κ3) is 2.83. The van der Waals surface area contributed by atoms with Crippen LogP contribution >= 0.6 is 11.6 Å². The van der Waals surface area contributed by atoms with Crippen LogP contribution in [0.3, 0.4) is 0 Å². The number of halogens is 3. The van der Waals surface area contributed by atoms with E-state index in [9.17, 15) is 8.78 Å². The van der Waals surface area contributed by atoms with Crippen LogP contribution in [0.1, 0.15) is 12.8 Å². The zero-order valence-electron chi connectivity index (χ0n) is 12.2. The number of benzene rings is 1. The van der Waals surface area contributed by atoms with Crippen LogP contribution < -0.4 is 9.64 Å². The zero-order chi connectivity index (χ0) is 16.0. The fraction of sp³-hybridized carbons (Fsp3) is 0.375. The Balaban J connectivity index is 1.80. The van der Waals surface area contributed by atoms with E-state index in [0.29, 0.717) is 30.3 Å². The molecule has 0 amide bonds. The first-order valence-corrected chi connectivity index (χ1v) is 7.89. The number of anilines is 1. The molecular formula is C16H14ClF2N3O. The van der Waals surface area contributed by atoms with Crippen LogP contribution in [0.25, 0.3) is 11.3 Å². The summed E-state index contributed by atoms with van der Waals surface area (Å²) in [6.07, 6.45) is 3.39. The molecule has 1 fully saturated rings. The minimum Gasteiger partial charge on any atom is -0.486 e. The van der Waals surface area contributed by atoms with Crippen molar-refractivity contribution in [2.24, 2.45) is 5.92 Å². The lowest BCUT2D eigenvalue weighted by atomic mass is 10.1. The lowest BCUT2D eigenvalue weighted by Gasteiger charge is -2.32. The quantitative estimate of drug-likeness (QED) is 0.801. The second-order valence-corrected chi connectivity index (χ2v) is 6.22. The van der Waals surface area contributed by atoms with Crippen molar-refractivity contribution in [3.8, 4) is 17.0 Å². The minimum atomic E-state index is -0.640. The Morgan fingerprint density at radius 3 is 2.87 bits per heavy atom. The standard InChI is InChI=1S/C16H14ClF2N3O/c17-16-20-7-12(19)14(21-16)10-5-11(18)15-13(6-10)22(3-4-23-15)8-9-1-2-9/h5-7,9H,1-4,8H2. The monoisotopic (exact) mass is 337 g/mol. The molecule has 1 aliphatic carbocycles. The van der Waals surface area contributed by atoms with Gasteiger partial charge in [0.15, 0.2) is 17.4 Å². The van der Waals surface area contributed by atoms with Gasteiger partial charge in [0.25, 0.3) is 0 Å². The predicted octanol–water partition coefficient (Wildman–Crippen LogP) is 3.68. The van der Waals surface area contributed by atoms with Crippen molar-refractivity contribution < 1.29 is 13.5 Å². The van der Waals surface area contributed by atoms with Crippen molar-refractivity contribution in [2.45, 2.75) is 12.8 Å². The second-order valence-electron chi connectivity index (χ2n) is 5.88. The third-order valence-corrected chi connectivity index (χ3v) is 4.32. The van der Waals surface area contributed by atoms with E-state index in [2.05, 4.69) is 14.9 Å². The smallest absolute Gasteiger partial charge is 0.223 e. The van der Waals surface area contributed by atoms with Crippen LogP contribution in [-0.2, 0) is 0 Å². The maximum atomic E-state index is 14.4. The fourth-order valence-electron chi connectivity index (χ4n) is 2.82. The van der Waals surface area contributed by atoms with Crippen LogP contribution in [0.5, 0.6) is 5.75 Å². The van der Waals surface area contributed by atoms with Gasteiger partial charge < -0.3 is 9.64 Å². The topological polar surface area (TPSA) is 38.2 Å². The first kappa shape index (κ1) is 14.6. The maximum Gasteiger partial charge on any atom is 0.223 e. The highest BCUT2D eigenvalue weighted by molar-refractivity contribution is 6.28. The van der Waals surface area contributed by atoms with E-state index in [1.165, 1.54) is 18.9 Å². The molecule has 1 saturated carbocycles. The SMILES string of the molecule is Fc1cnc(Cl)nc1-c1cc(F)c2c(c1)N(CC1CC1)CCO2. The Hall–Kier alpha value is -1.95. The molecule has 2 aromatic rings. The number of fused-ring (bicyclic) bond motifs is 1. The number of nitrogens with zero attached hydrogens (tertiary/aromatic N) is 3. The summed E-state index contributed by atoms with van der Waals surface area (Å²) in [5, 5.41) is -0.0781. The van der Waals surface area contributed by atoms with E-state index in [0.717, 1.165) is 12.7 Å². The molecule has 23 heavy (non-hydrogen) atoms. The van der Waals surface area contributed by atoms with Crippen molar-refractivity contribution in [2.75, 3.05) is 24.6 Å². The van der Waals surface area contributed by atoms with Gasteiger partial charge in [0.1, 0.15) is 12.3 Å². The Morgan fingerprint density at radius 1 is 1.26 bits per heavy atom. The van der Waals surface area contributed by atoms with E-state index in [-0.39, 0.29) is 16.7 Å². The van der Waals surface area contributed by atoms with Crippen molar-refractivity contribution in [3.05, 3.63) is 35.2 Å². The highest BCUT2D eigenvalue weighted by Crippen LogP contribution is 2.40. The van der Waals surface area contributed by atoms with Gasteiger partial charge in [-0.05, 0) is 42.5 Å². The molecule has 0 N–H and O–H groups in total. The van der Waals surface area contributed by atoms with Gasteiger partial charge in [-0.15, -0.1) is 0 Å². The molecule has 0 radical (unpaired) electrons. The highest BCUT2D eigenvalue weighted by Gasteiger charge is 2.29. The van der Waals surface area contributed by atoms with Gasteiger partial charge in [0, 0.05) is 12.1 Å². The van der Waals surface area contributed by atoms with E-state index in [4.69, 9.17) is 16.3 Å². The largest absolute Gasteiger partial charge is 0.486 e. The maximum absolute atomic E-state index is 14.4. The Bertz CT molecular complexity index is 767. The third-order valence-electron chi connectivity index (χ3n) is 4.14. The lowest BCUT2D eigenvalue weighted by molar-refractivity contribution is 0.291. The summed E-state index contributed by atoms with van der Waals surface area (Å²) in [6, 6.07) is 2.93. The average molecular weight is 338 g/mol. The van der Waals surface area contributed by atoms with Gasteiger partial charge in [-0.3, -0.25) is 0 Å². The molecule has 2 aliphatic rings. The Morgan fingerprint density at radius 2 is 2.09 bits per heavy atom. The molecule has 4 rings (SSSR count). The summed E-state index contributed by atoms with van der Waals surface area (Å²) < 4.78 is 33.9. The molecule has 1 aromatic carbocycles. The van der Waals surface area contributed by atoms with Gasteiger partial charge in [0.2, 0.25) is 5.28 Å². The van der Waals surface area contributed by atoms with Crippen molar-refractivity contribution >= 4 is 17.3 Å². The number of ether oxygens (including phenoxy) is 1. The van der Waals surface area contributed by atoms with Crippen molar-refractivity contribution in [1.82, 2.24) is 9.97 Å². The van der Waals surface area contributed by atoms with Crippen molar-refractivity contribution in [3.63, 3.8) is 0 Å². The zero-order valence-corrected chi connectivity index (χ0v) is 13.0. The van der Waals surface area contributed by atoms with E-state index in [1.54, 1.807) is 6.07 Å². The first-order valence-electron chi connectivity index (χ1n) is 7.51. The minimum absolute atomic E-state index is 0.0105. The summed E-state index contributed by atoms with van der Waals surface area (Å²) in [7, 11) is 0. The molecule has 120 valence electrons. The van der Waals surface area contributed by atoms with Crippen molar-refractivity contribution in [1.29, 1.82) is 0 Å². The molecule has 4 nitrogen and oxygen atoms in total. The molecule has 0 bridgehead atoms. The lowest BCUT2D eigenvalue weighted by Crippen LogP contribution is -2.34. The summed E-state index contributed by atoms with van der Waals surface area (Å²) in [4.78, 5) is 9.57. The average Bonchev–Trinajstić information content (AvgIpc) is 3.34. The van der Waals surface area contributed by atoms with Crippen LogP contribution in [0.2, 0.25) is 5.28 Å². The summed E-state index contributed by atoms with van der Waals surface area (Å²) in [6.45, 7) is 2.01. The van der Waals surface area contributed by atoms with Gasteiger partial charge in [-0.1, -0.05) is 0 Å². The highest BCUT2D eigenvalue weighted by atomic mass is 35.5. The number of hydrogen-bond donors (Lipinski definition) is 0. The van der Waals surface area contributed by atoms with Gasteiger partial charge in [-0.2, -0.15) is 0 Å². The van der Waals surface area contributed by atoms with Crippen LogP contribution in [0, 0.1) is 17.6 Å². The molecule has 0 atom stereocenters. The molecule has 2 heterocycles. The summed E-state index contributed by atoms with van der Waals surface area (Å²) in [5.41, 5.74) is 0.963. The van der Waals surface area contributed by atoms with Crippen LogP contribution in [0.15, 0.2) is 18.3 Å². The normalized spacial score (nSPS) is 16.9. The number of rotatable bonds is 3. The van der Waals surface area contributed by atoms with Gasteiger partial charge >= 0.3 is 0 Å². The van der Waals surface area contributed by atoms with Crippen LogP contribution in [0.4, 0.5) is 14.5 Å². The molecule has 1 aromatic heterocycles. The summed E-state index contributed by atoms with van der Waals surface area (Å²) >= 11 is 5.74. The van der Waals surface area contributed by atoms with E-state index in [1.807, 2.05) is 0 Å². The van der Waals surface area contributed by atoms with E-state index >= 15 is 0 Å². The summed E-state index contributed by atoms with van der Waals surface area (Å²) in [5.74, 6) is -0.287.